The van der Waals surface area contributed by atoms with Crippen LogP contribution in [0.3, 0.4) is 0 Å². The molecule has 2 saturated heterocycles. The minimum Gasteiger partial charge on any atom is -0.480 e. The number of aryl methyl sites for hydroxylation is 4. The van der Waals surface area contributed by atoms with Crippen LogP contribution in [0.4, 0.5) is 9.59 Å². The Kier molecular flexibility index (Phi) is 31.5. The predicted octanol–water partition coefficient (Wildman–Crippen LogP) is 12.4. The number of piperidine rings is 2. The standard InChI is InChI=1S/C38H50N4O4.C25H34N2O.C13H18N2O4/c1-38(2,3)46-37(45)41-34(27-31-19-12-24-39-28-31)36(44)42-25-22-32(23-26-42)35(43)40-33(20-10-17-29-13-6-4-7-14-29)21-11-18-30-15-8-5-9-16-30;28-25(23-17-19-26-20-18-23)27-24(15-7-13-21-9-3-1-4-10-21)16-8-14-22-11-5-2-6-12-22;1-13(2,3)19-12(18)15-10(11(16)17)7-9-5-4-6-14-8-9/h4-9,12-16,19,24,28,32-34H,10-11,17-18,20-23,25-27H2,1-3H3,(H,40,43)(H,41,45);1-6,9-12,23-24,26H,7-8,13-20H2,(H,27,28);4-6,8,10H,7H2,1-3H3,(H,15,18)(H,16,17)/t34-;;10-/m0.0/s1. The Morgan fingerprint density at radius 2 is 0.806 bits per heavy atom. The molecule has 0 radical (unpaired) electrons. The topological polar surface area (TPSA) is 230 Å². The predicted molar refractivity (Wildman–Crippen MR) is 366 cm³/mol. The number of carboxylic acid groups (broad SMARTS) is 1. The molecule has 93 heavy (non-hydrogen) atoms. The average molecular weight is 1270 g/mol. The zero-order chi connectivity index (χ0) is 66.7. The van der Waals surface area contributed by atoms with Crippen molar-refractivity contribution < 1.29 is 43.3 Å². The van der Waals surface area contributed by atoms with Crippen LogP contribution in [-0.4, -0.2) is 117 Å². The van der Waals surface area contributed by atoms with E-state index in [9.17, 15) is 28.8 Å². The number of hydrogen-bond acceptors (Lipinski definition) is 11. The summed E-state index contributed by atoms with van der Waals surface area (Å²) in [6.07, 6.45) is 21.1. The smallest absolute Gasteiger partial charge is 0.408 e. The number of nitrogens with one attached hydrogen (secondary N) is 5. The lowest BCUT2D eigenvalue weighted by atomic mass is 9.93. The van der Waals surface area contributed by atoms with E-state index in [0.29, 0.717) is 32.4 Å². The molecule has 8 rings (SSSR count). The number of aliphatic carboxylic acids is 1. The monoisotopic (exact) mass is 1270 g/mol. The first kappa shape index (κ1) is 73.6. The first-order valence-electron chi connectivity index (χ1n) is 33.5. The maximum absolute atomic E-state index is 13.7. The lowest BCUT2D eigenvalue weighted by Crippen LogP contribution is -2.53. The van der Waals surface area contributed by atoms with Gasteiger partial charge in [0.25, 0.3) is 0 Å². The van der Waals surface area contributed by atoms with E-state index in [1.807, 2.05) is 24.3 Å². The Morgan fingerprint density at radius 1 is 0.473 bits per heavy atom. The van der Waals surface area contributed by atoms with Crippen LogP contribution in [0.2, 0.25) is 0 Å². The molecular weight excluding hydrogens is 1170 g/mol. The molecule has 2 fully saturated rings. The van der Waals surface area contributed by atoms with Gasteiger partial charge in [-0.2, -0.15) is 0 Å². The van der Waals surface area contributed by atoms with Crippen molar-refractivity contribution in [1.29, 1.82) is 0 Å². The van der Waals surface area contributed by atoms with Gasteiger partial charge in [-0.15, -0.1) is 0 Å². The molecule has 6 N–H and O–H groups in total. The van der Waals surface area contributed by atoms with Crippen molar-refractivity contribution >= 4 is 35.9 Å². The number of carbonyl (C=O) groups is 6. The molecule has 4 heterocycles. The van der Waals surface area contributed by atoms with E-state index in [-0.39, 0.29) is 48.1 Å². The number of carboxylic acids is 1. The number of carbonyl (C=O) groups excluding carboxylic acids is 5. The van der Waals surface area contributed by atoms with Crippen LogP contribution in [0.15, 0.2) is 170 Å². The fraction of sp³-hybridized carbons (Fsp3) is 0.474. The van der Waals surface area contributed by atoms with Crippen LogP contribution in [0.5, 0.6) is 0 Å². The van der Waals surface area contributed by atoms with Crippen LogP contribution < -0.4 is 26.6 Å². The van der Waals surface area contributed by atoms with E-state index in [4.69, 9.17) is 14.6 Å². The summed E-state index contributed by atoms with van der Waals surface area (Å²) in [5, 5.41) is 24.3. The first-order valence-corrected chi connectivity index (χ1v) is 33.5. The van der Waals surface area contributed by atoms with Crippen molar-refractivity contribution in [2.45, 2.75) is 192 Å². The van der Waals surface area contributed by atoms with Crippen molar-refractivity contribution in [3.8, 4) is 0 Å². The molecule has 5 amide bonds. The Hall–Kier alpha value is -8.44. The van der Waals surface area contributed by atoms with Gasteiger partial charge in [-0.05, 0) is 203 Å². The number of amides is 5. The summed E-state index contributed by atoms with van der Waals surface area (Å²) < 4.78 is 10.5. The van der Waals surface area contributed by atoms with Crippen molar-refractivity contribution in [2.75, 3.05) is 26.2 Å². The highest BCUT2D eigenvalue weighted by Gasteiger charge is 2.34. The van der Waals surface area contributed by atoms with E-state index in [0.717, 1.165) is 114 Å². The number of hydrogen-bond donors (Lipinski definition) is 6. The van der Waals surface area contributed by atoms with Gasteiger partial charge in [0.05, 0.1) is 0 Å². The van der Waals surface area contributed by atoms with Crippen molar-refractivity contribution in [3.05, 3.63) is 204 Å². The van der Waals surface area contributed by atoms with E-state index >= 15 is 0 Å². The van der Waals surface area contributed by atoms with Gasteiger partial charge in [0, 0.05) is 74.6 Å². The minimum absolute atomic E-state index is 0.0790. The molecule has 0 unspecified atom stereocenters. The molecule has 17 nitrogen and oxygen atoms in total. The molecular formula is C76H102N8O9. The molecule has 4 aromatic carbocycles. The van der Waals surface area contributed by atoms with E-state index < -0.39 is 41.4 Å². The van der Waals surface area contributed by atoms with Gasteiger partial charge in [0.2, 0.25) is 17.7 Å². The Morgan fingerprint density at radius 3 is 1.14 bits per heavy atom. The molecule has 0 saturated carbocycles. The Bertz CT molecular complexity index is 3010. The number of aromatic nitrogens is 2. The fourth-order valence-electron chi connectivity index (χ4n) is 11.5. The lowest BCUT2D eigenvalue weighted by molar-refractivity contribution is -0.139. The van der Waals surface area contributed by atoms with Gasteiger partial charge in [0.15, 0.2) is 0 Å². The van der Waals surface area contributed by atoms with Crippen LogP contribution >= 0.6 is 0 Å². The van der Waals surface area contributed by atoms with Crippen molar-refractivity contribution in [3.63, 3.8) is 0 Å². The quantitative estimate of drug-likeness (QED) is 0.0269. The highest BCUT2D eigenvalue weighted by molar-refractivity contribution is 5.87. The Labute approximate surface area is 552 Å². The lowest BCUT2D eigenvalue weighted by Gasteiger charge is -2.34. The zero-order valence-electron chi connectivity index (χ0n) is 55.7. The van der Waals surface area contributed by atoms with Gasteiger partial charge >= 0.3 is 18.2 Å². The second kappa shape index (κ2) is 39.8. The number of ether oxygens (including phenoxy) is 2. The van der Waals surface area contributed by atoms with Crippen LogP contribution in [0, 0.1) is 11.8 Å². The third kappa shape index (κ3) is 30.2. The number of alkyl carbamates (subject to hydrolysis) is 2. The van der Waals surface area contributed by atoms with Gasteiger partial charge in [-0.1, -0.05) is 133 Å². The van der Waals surface area contributed by atoms with Gasteiger partial charge < -0.3 is 46.1 Å². The summed E-state index contributed by atoms with van der Waals surface area (Å²) >= 11 is 0. The molecule has 2 aromatic heterocycles. The summed E-state index contributed by atoms with van der Waals surface area (Å²) in [4.78, 5) is 85.0. The number of likely N-dealkylation sites (tertiary alicyclic amines) is 1. The summed E-state index contributed by atoms with van der Waals surface area (Å²) in [6, 6.07) is 48.0. The normalized spacial score (nSPS) is 14.2. The van der Waals surface area contributed by atoms with E-state index in [1.165, 1.54) is 22.3 Å². The summed E-state index contributed by atoms with van der Waals surface area (Å²) in [6.45, 7) is 13.4. The number of nitrogens with zero attached hydrogens (tertiary/aromatic N) is 3. The Balaban J connectivity index is 0.000000247. The van der Waals surface area contributed by atoms with Crippen molar-refractivity contribution in [2.24, 2.45) is 11.8 Å². The largest absolute Gasteiger partial charge is 0.480 e. The maximum atomic E-state index is 13.7. The van der Waals surface area contributed by atoms with Crippen LogP contribution in [0.25, 0.3) is 0 Å². The number of rotatable bonds is 28. The molecule has 2 atom stereocenters. The van der Waals surface area contributed by atoms with Crippen LogP contribution in [-0.2, 0) is 67.2 Å². The van der Waals surface area contributed by atoms with Gasteiger partial charge in [0.1, 0.15) is 23.3 Å². The third-order valence-corrected chi connectivity index (χ3v) is 16.3. The second-order valence-electron chi connectivity index (χ2n) is 26.4. The molecule has 0 aliphatic carbocycles. The molecule has 0 bridgehead atoms. The number of benzene rings is 4. The highest BCUT2D eigenvalue weighted by Crippen LogP contribution is 2.23. The molecule has 500 valence electrons. The van der Waals surface area contributed by atoms with Gasteiger partial charge in [-0.25, -0.2) is 14.4 Å². The first-order chi connectivity index (χ1) is 44.7. The van der Waals surface area contributed by atoms with Crippen molar-refractivity contribution in [1.82, 2.24) is 41.5 Å². The van der Waals surface area contributed by atoms with Crippen LogP contribution in [0.1, 0.15) is 152 Å². The second-order valence-corrected chi connectivity index (χ2v) is 26.4. The van der Waals surface area contributed by atoms with E-state index in [1.54, 1.807) is 83.4 Å². The summed E-state index contributed by atoms with van der Waals surface area (Å²) in [7, 11) is 0. The fourth-order valence-corrected chi connectivity index (χ4v) is 11.5. The molecule has 0 spiro atoms. The SMILES string of the molecule is CC(C)(C)OC(=O)N[C@@H](Cc1cccnc1)C(=O)N1CCC(C(=O)NC(CCCc2ccccc2)CCCc2ccccc2)CC1.CC(C)(C)OC(=O)N[C@@H](Cc1cccnc1)C(=O)O.O=C(NC(CCCc1ccccc1)CCCc1ccccc1)C1CCNCC1. The van der Waals surface area contributed by atoms with Gasteiger partial charge in [-0.3, -0.25) is 24.4 Å². The summed E-state index contributed by atoms with van der Waals surface area (Å²) in [5.41, 5.74) is 5.63. The molecule has 17 heteroatoms. The number of pyridine rings is 2. The average Bonchev–Trinajstić information content (AvgIpc) is 2.50. The minimum atomic E-state index is -1.12. The highest BCUT2D eigenvalue weighted by atomic mass is 16.6. The maximum Gasteiger partial charge on any atom is 0.408 e. The molecule has 2 aliphatic heterocycles. The summed E-state index contributed by atoms with van der Waals surface area (Å²) in [5.74, 6) is -0.901. The third-order valence-electron chi connectivity index (χ3n) is 16.3. The zero-order valence-corrected chi connectivity index (χ0v) is 55.7. The molecule has 6 aromatic rings. The van der Waals surface area contributed by atoms with E-state index in [2.05, 4.69) is 146 Å². The molecule has 2 aliphatic rings.